The van der Waals surface area contributed by atoms with Crippen LogP contribution < -0.4 is 10.6 Å². The van der Waals surface area contributed by atoms with Crippen LogP contribution in [-0.2, 0) is 6.54 Å². The molecule has 0 aliphatic rings. The molecule has 2 aromatic rings. The molecule has 1 aromatic heterocycles. The van der Waals surface area contributed by atoms with E-state index in [0.29, 0.717) is 17.8 Å². The highest BCUT2D eigenvalue weighted by atomic mass is 32.1. The zero-order chi connectivity index (χ0) is 13.8. The third kappa shape index (κ3) is 3.75. The number of halogens is 1. The summed E-state index contributed by atoms with van der Waals surface area (Å²) in [7, 11) is 0. The standard InChI is InChI=1S/C13H14FN3OS/c1-8-3-4-10(5-11(8)14)17-13(18)15-6-12-16-9(2)7-19-12/h3-5,7H,6H2,1-2H3,(H2,15,17,18). The Bertz CT molecular complexity index is 597. The SMILES string of the molecule is Cc1csc(CNC(=O)Nc2ccc(C)c(F)c2)n1. The minimum atomic E-state index is -0.379. The van der Waals surface area contributed by atoms with Gasteiger partial charge in [0.2, 0.25) is 0 Å². The molecule has 19 heavy (non-hydrogen) atoms. The van der Waals surface area contributed by atoms with E-state index in [1.54, 1.807) is 19.1 Å². The number of aryl methyl sites for hydroxylation is 2. The topological polar surface area (TPSA) is 54.0 Å². The molecule has 0 aliphatic heterocycles. The number of carbonyl (C=O) groups is 1. The lowest BCUT2D eigenvalue weighted by Crippen LogP contribution is -2.28. The number of hydrogen-bond donors (Lipinski definition) is 2. The van der Waals surface area contributed by atoms with E-state index in [-0.39, 0.29) is 11.8 Å². The predicted octanol–water partition coefficient (Wildman–Crippen LogP) is 3.22. The second-order valence-corrected chi connectivity index (χ2v) is 5.10. The van der Waals surface area contributed by atoms with Crippen molar-refractivity contribution in [3.63, 3.8) is 0 Å². The third-order valence-corrected chi connectivity index (χ3v) is 3.46. The molecule has 0 aliphatic carbocycles. The first-order valence-electron chi connectivity index (χ1n) is 5.76. The van der Waals surface area contributed by atoms with Crippen LogP contribution in [-0.4, -0.2) is 11.0 Å². The second kappa shape index (κ2) is 5.79. The Kier molecular flexibility index (Phi) is 4.11. The maximum absolute atomic E-state index is 13.3. The van der Waals surface area contributed by atoms with Crippen molar-refractivity contribution in [2.45, 2.75) is 20.4 Å². The fraction of sp³-hybridized carbons (Fsp3) is 0.231. The molecule has 0 unspecified atom stereocenters. The van der Waals surface area contributed by atoms with Crippen molar-refractivity contribution in [2.24, 2.45) is 0 Å². The van der Waals surface area contributed by atoms with E-state index in [1.807, 2.05) is 12.3 Å². The molecule has 0 spiro atoms. The Labute approximate surface area is 114 Å². The zero-order valence-electron chi connectivity index (χ0n) is 10.7. The maximum atomic E-state index is 13.3. The van der Waals surface area contributed by atoms with Crippen molar-refractivity contribution in [3.8, 4) is 0 Å². The van der Waals surface area contributed by atoms with Gasteiger partial charge in [-0.2, -0.15) is 0 Å². The van der Waals surface area contributed by atoms with E-state index < -0.39 is 0 Å². The van der Waals surface area contributed by atoms with Gasteiger partial charge in [0, 0.05) is 16.8 Å². The number of anilines is 1. The van der Waals surface area contributed by atoms with Gasteiger partial charge in [0.05, 0.1) is 6.54 Å². The highest BCUT2D eigenvalue weighted by molar-refractivity contribution is 7.09. The van der Waals surface area contributed by atoms with Crippen LogP contribution >= 0.6 is 11.3 Å². The number of nitrogens with one attached hydrogen (secondary N) is 2. The van der Waals surface area contributed by atoms with E-state index in [2.05, 4.69) is 15.6 Å². The maximum Gasteiger partial charge on any atom is 0.319 e. The van der Waals surface area contributed by atoms with Gasteiger partial charge in [0.15, 0.2) is 0 Å². The van der Waals surface area contributed by atoms with E-state index in [9.17, 15) is 9.18 Å². The van der Waals surface area contributed by atoms with Gasteiger partial charge in [-0.15, -0.1) is 11.3 Å². The molecule has 1 heterocycles. The normalized spacial score (nSPS) is 10.3. The zero-order valence-corrected chi connectivity index (χ0v) is 11.5. The number of urea groups is 1. The fourth-order valence-electron chi connectivity index (χ4n) is 1.49. The predicted molar refractivity (Wildman–Crippen MR) is 73.8 cm³/mol. The minimum Gasteiger partial charge on any atom is -0.331 e. The van der Waals surface area contributed by atoms with E-state index in [0.717, 1.165) is 10.7 Å². The van der Waals surface area contributed by atoms with Gasteiger partial charge in [-0.3, -0.25) is 0 Å². The van der Waals surface area contributed by atoms with Crippen molar-refractivity contribution in [1.82, 2.24) is 10.3 Å². The first-order valence-corrected chi connectivity index (χ1v) is 6.64. The molecule has 0 radical (unpaired) electrons. The van der Waals surface area contributed by atoms with Crippen LogP contribution in [0.5, 0.6) is 0 Å². The molecule has 0 saturated heterocycles. The van der Waals surface area contributed by atoms with E-state index in [1.165, 1.54) is 17.4 Å². The molecule has 2 N–H and O–H groups in total. The minimum absolute atomic E-state index is 0.339. The van der Waals surface area contributed by atoms with E-state index in [4.69, 9.17) is 0 Å². The summed E-state index contributed by atoms with van der Waals surface area (Å²) in [5, 5.41) is 8.00. The lowest BCUT2D eigenvalue weighted by Gasteiger charge is -2.07. The number of nitrogens with zero attached hydrogens (tertiary/aromatic N) is 1. The summed E-state index contributed by atoms with van der Waals surface area (Å²) in [6.45, 7) is 3.93. The van der Waals surface area contributed by atoms with Crippen molar-refractivity contribution in [1.29, 1.82) is 0 Å². The van der Waals surface area contributed by atoms with Crippen molar-refractivity contribution < 1.29 is 9.18 Å². The number of rotatable bonds is 3. The van der Waals surface area contributed by atoms with Gasteiger partial charge in [-0.25, -0.2) is 14.2 Å². The highest BCUT2D eigenvalue weighted by Crippen LogP contribution is 2.13. The first kappa shape index (κ1) is 13.5. The summed E-state index contributed by atoms with van der Waals surface area (Å²) in [5.41, 5.74) is 1.91. The number of hydrogen-bond acceptors (Lipinski definition) is 3. The van der Waals surface area contributed by atoms with Crippen molar-refractivity contribution in [3.05, 3.63) is 45.7 Å². The molecule has 4 nitrogen and oxygen atoms in total. The molecule has 0 fully saturated rings. The number of aromatic nitrogens is 1. The molecule has 0 saturated carbocycles. The third-order valence-electron chi connectivity index (χ3n) is 2.50. The number of amides is 2. The fourth-order valence-corrected chi connectivity index (χ4v) is 2.20. The molecule has 2 amide bonds. The number of thiazole rings is 1. The average Bonchev–Trinajstić information content (AvgIpc) is 2.77. The smallest absolute Gasteiger partial charge is 0.319 e. The molecular formula is C13H14FN3OS. The van der Waals surface area contributed by atoms with Crippen LogP contribution in [0.3, 0.4) is 0 Å². The lowest BCUT2D eigenvalue weighted by atomic mass is 10.2. The van der Waals surface area contributed by atoms with Gasteiger partial charge < -0.3 is 10.6 Å². The summed E-state index contributed by atoms with van der Waals surface area (Å²) >= 11 is 1.49. The van der Waals surface area contributed by atoms with Gasteiger partial charge in [0.1, 0.15) is 10.8 Å². The second-order valence-electron chi connectivity index (χ2n) is 4.15. The molecule has 6 heteroatoms. The molecule has 100 valence electrons. The van der Waals surface area contributed by atoms with Crippen LogP contribution in [0.25, 0.3) is 0 Å². The molecule has 1 aromatic carbocycles. The quantitative estimate of drug-likeness (QED) is 0.906. The summed E-state index contributed by atoms with van der Waals surface area (Å²) in [4.78, 5) is 15.9. The average molecular weight is 279 g/mol. The van der Waals surface area contributed by atoms with Gasteiger partial charge >= 0.3 is 6.03 Å². The van der Waals surface area contributed by atoms with Crippen LogP contribution in [0.2, 0.25) is 0 Å². The first-order chi connectivity index (χ1) is 9.04. The van der Waals surface area contributed by atoms with Crippen LogP contribution in [0.15, 0.2) is 23.6 Å². The van der Waals surface area contributed by atoms with E-state index >= 15 is 0 Å². The van der Waals surface area contributed by atoms with Crippen molar-refractivity contribution >= 4 is 23.1 Å². The largest absolute Gasteiger partial charge is 0.331 e. The van der Waals surface area contributed by atoms with Crippen molar-refractivity contribution in [2.75, 3.05) is 5.32 Å². The summed E-state index contributed by atoms with van der Waals surface area (Å²) in [5.74, 6) is -0.339. The lowest BCUT2D eigenvalue weighted by molar-refractivity contribution is 0.251. The molecule has 2 rings (SSSR count). The summed E-state index contributed by atoms with van der Waals surface area (Å²) in [6, 6.07) is 4.19. The van der Waals surface area contributed by atoms with Gasteiger partial charge in [0.25, 0.3) is 0 Å². The summed E-state index contributed by atoms with van der Waals surface area (Å²) < 4.78 is 13.3. The van der Waals surface area contributed by atoms with Crippen LogP contribution in [0.4, 0.5) is 14.9 Å². The van der Waals surface area contributed by atoms with Crippen LogP contribution in [0, 0.1) is 19.7 Å². The Morgan fingerprint density at radius 2 is 2.21 bits per heavy atom. The molecule has 0 bridgehead atoms. The Balaban J connectivity index is 1.88. The molecule has 0 atom stereocenters. The summed E-state index contributed by atoms with van der Waals surface area (Å²) in [6.07, 6.45) is 0. The number of carbonyl (C=O) groups excluding carboxylic acids is 1. The van der Waals surface area contributed by atoms with Crippen LogP contribution in [0.1, 0.15) is 16.3 Å². The Hall–Kier alpha value is -1.95. The molecular weight excluding hydrogens is 265 g/mol. The Morgan fingerprint density at radius 3 is 2.84 bits per heavy atom. The monoisotopic (exact) mass is 279 g/mol. The van der Waals surface area contributed by atoms with Gasteiger partial charge in [-0.1, -0.05) is 6.07 Å². The van der Waals surface area contributed by atoms with Gasteiger partial charge in [-0.05, 0) is 31.5 Å². The number of benzene rings is 1. The highest BCUT2D eigenvalue weighted by Gasteiger charge is 2.05. The Morgan fingerprint density at radius 1 is 1.42 bits per heavy atom.